The monoisotopic (exact) mass is 388 g/mol. The van der Waals surface area contributed by atoms with Crippen LogP contribution in [0, 0.1) is 0 Å². The summed E-state index contributed by atoms with van der Waals surface area (Å²) >= 11 is 0. The van der Waals surface area contributed by atoms with E-state index in [4.69, 9.17) is 5.73 Å². The van der Waals surface area contributed by atoms with Crippen molar-refractivity contribution < 1.29 is 0 Å². The van der Waals surface area contributed by atoms with E-state index in [1.807, 2.05) is 6.20 Å². The fraction of sp³-hybridized carbons (Fsp3) is 0.722. The van der Waals surface area contributed by atoms with Crippen LogP contribution in [0.15, 0.2) is 22.4 Å². The number of hydrogen-bond acceptors (Lipinski definition) is 9. The molecule has 1 atom stereocenters. The lowest BCUT2D eigenvalue weighted by Crippen LogP contribution is -2.62. The van der Waals surface area contributed by atoms with Crippen molar-refractivity contribution in [1.29, 1.82) is 0 Å². The first-order valence-corrected chi connectivity index (χ1v) is 10.2. The number of nitrogens with two attached hydrogens (primary N) is 1. The molecule has 10 nitrogen and oxygen atoms in total. The summed E-state index contributed by atoms with van der Waals surface area (Å²) in [6.45, 7) is 6.28. The van der Waals surface area contributed by atoms with Gasteiger partial charge in [-0.2, -0.15) is 4.99 Å². The number of likely N-dealkylation sites (N-methyl/N-ethyl adjacent to an activating group) is 1. The molecule has 2 fully saturated rings. The number of aryl methyl sites for hydroxylation is 1. The Bertz CT molecular complexity index is 687. The summed E-state index contributed by atoms with van der Waals surface area (Å²) < 4.78 is 0. The number of hydrogen-bond donors (Lipinski definition) is 5. The lowest BCUT2D eigenvalue weighted by Gasteiger charge is -2.34. The minimum absolute atomic E-state index is 0.474. The Kier molecular flexibility index (Phi) is 5.79. The van der Waals surface area contributed by atoms with Gasteiger partial charge in [0.25, 0.3) is 0 Å². The van der Waals surface area contributed by atoms with Crippen LogP contribution in [0.25, 0.3) is 0 Å². The molecule has 4 rings (SSSR count). The molecule has 1 unspecified atom stereocenters. The summed E-state index contributed by atoms with van der Waals surface area (Å²) in [5.74, 6) is 1.31. The Morgan fingerprint density at radius 3 is 2.82 bits per heavy atom. The van der Waals surface area contributed by atoms with Crippen molar-refractivity contribution in [2.24, 2.45) is 15.7 Å². The van der Waals surface area contributed by atoms with Gasteiger partial charge in [0.15, 0.2) is 5.79 Å². The third-order valence-electron chi connectivity index (χ3n) is 5.38. The van der Waals surface area contributed by atoms with E-state index in [0.717, 1.165) is 57.9 Å². The molecule has 0 bridgehead atoms. The molecule has 1 saturated carbocycles. The Balaban J connectivity index is 1.32. The molecule has 1 aromatic rings. The first-order chi connectivity index (χ1) is 13.6. The lowest BCUT2D eigenvalue weighted by molar-refractivity contribution is 0.156. The van der Waals surface area contributed by atoms with Crippen LogP contribution in [0.2, 0.25) is 0 Å². The van der Waals surface area contributed by atoms with Crippen LogP contribution in [0.5, 0.6) is 0 Å². The van der Waals surface area contributed by atoms with Gasteiger partial charge in [-0.15, -0.1) is 0 Å². The van der Waals surface area contributed by atoms with Gasteiger partial charge in [-0.3, -0.25) is 10.6 Å². The van der Waals surface area contributed by atoms with Gasteiger partial charge in [0.2, 0.25) is 11.9 Å². The quantitative estimate of drug-likeness (QED) is 0.400. The van der Waals surface area contributed by atoms with Crippen LogP contribution in [0.1, 0.15) is 25.1 Å². The molecular formula is C18H32N10. The Morgan fingerprint density at radius 1 is 1.29 bits per heavy atom. The molecule has 10 heteroatoms. The van der Waals surface area contributed by atoms with E-state index in [-0.39, 0.29) is 0 Å². The second kappa shape index (κ2) is 8.46. The Labute approximate surface area is 166 Å². The van der Waals surface area contributed by atoms with E-state index < -0.39 is 5.79 Å². The van der Waals surface area contributed by atoms with Crippen molar-refractivity contribution in [3.63, 3.8) is 0 Å². The summed E-state index contributed by atoms with van der Waals surface area (Å²) in [5, 5.41) is 10.1. The van der Waals surface area contributed by atoms with Crippen molar-refractivity contribution >= 4 is 11.9 Å². The normalized spacial score (nSPS) is 26.4. The number of aromatic nitrogens is 2. The molecule has 6 N–H and O–H groups in total. The maximum absolute atomic E-state index is 6.57. The SMILES string of the molecule is CN1CCN(CCNC2=NC(NC3CC3)=NC(N)(CCc3ncc[nH]3)N2)CC1. The molecule has 0 amide bonds. The van der Waals surface area contributed by atoms with Gasteiger partial charge in [0.1, 0.15) is 5.82 Å². The fourth-order valence-electron chi connectivity index (χ4n) is 3.41. The molecule has 1 aromatic heterocycles. The van der Waals surface area contributed by atoms with Gasteiger partial charge in [-0.1, -0.05) is 0 Å². The Morgan fingerprint density at radius 2 is 2.11 bits per heavy atom. The number of rotatable bonds is 7. The predicted octanol–water partition coefficient (Wildman–Crippen LogP) is -1.14. The number of aliphatic imine (C=N–C) groups is 2. The summed E-state index contributed by atoms with van der Waals surface area (Å²) in [6.07, 6.45) is 7.24. The maximum Gasteiger partial charge on any atom is 0.224 e. The van der Waals surface area contributed by atoms with Gasteiger partial charge in [0.05, 0.1) is 0 Å². The molecule has 1 saturated heterocycles. The molecule has 28 heavy (non-hydrogen) atoms. The van der Waals surface area contributed by atoms with Gasteiger partial charge in [-0.25, -0.2) is 9.98 Å². The first kappa shape index (κ1) is 19.2. The second-order valence-corrected chi connectivity index (χ2v) is 7.97. The van der Waals surface area contributed by atoms with Crippen LogP contribution in [-0.4, -0.2) is 89.8 Å². The predicted molar refractivity (Wildman–Crippen MR) is 110 cm³/mol. The van der Waals surface area contributed by atoms with Crippen molar-refractivity contribution in [1.82, 2.24) is 35.7 Å². The van der Waals surface area contributed by atoms with Crippen LogP contribution in [0.3, 0.4) is 0 Å². The highest BCUT2D eigenvalue weighted by Gasteiger charge is 2.32. The zero-order valence-electron chi connectivity index (χ0n) is 16.6. The summed E-state index contributed by atoms with van der Waals surface area (Å²) in [4.78, 5) is 21.5. The van der Waals surface area contributed by atoms with Crippen molar-refractivity contribution in [2.45, 2.75) is 37.5 Å². The summed E-state index contributed by atoms with van der Waals surface area (Å²) in [5.41, 5.74) is 6.57. The minimum Gasteiger partial charge on any atom is -0.355 e. The average Bonchev–Trinajstić information content (AvgIpc) is 3.31. The highest BCUT2D eigenvalue weighted by atomic mass is 15.4. The van der Waals surface area contributed by atoms with Gasteiger partial charge < -0.3 is 25.8 Å². The minimum atomic E-state index is -0.901. The van der Waals surface area contributed by atoms with Gasteiger partial charge in [-0.05, 0) is 19.9 Å². The molecule has 2 aliphatic heterocycles. The highest BCUT2D eigenvalue weighted by Crippen LogP contribution is 2.20. The third kappa shape index (κ3) is 5.43. The zero-order chi connectivity index (χ0) is 19.4. The van der Waals surface area contributed by atoms with E-state index in [2.05, 4.69) is 52.8 Å². The van der Waals surface area contributed by atoms with E-state index in [0.29, 0.717) is 30.8 Å². The van der Waals surface area contributed by atoms with Crippen molar-refractivity contribution in [3.05, 3.63) is 18.2 Å². The number of nitrogens with one attached hydrogen (secondary N) is 4. The largest absolute Gasteiger partial charge is 0.355 e. The first-order valence-electron chi connectivity index (χ1n) is 10.2. The molecule has 0 aromatic carbocycles. The number of H-pyrrole nitrogens is 1. The smallest absolute Gasteiger partial charge is 0.224 e. The number of guanidine groups is 2. The molecule has 0 radical (unpaired) electrons. The van der Waals surface area contributed by atoms with E-state index in [1.165, 1.54) is 0 Å². The van der Waals surface area contributed by atoms with Crippen molar-refractivity contribution in [2.75, 3.05) is 46.3 Å². The van der Waals surface area contributed by atoms with Gasteiger partial charge in [0, 0.05) is 70.5 Å². The summed E-state index contributed by atoms with van der Waals surface area (Å²) in [6, 6.07) is 0.474. The van der Waals surface area contributed by atoms with Crippen LogP contribution < -0.4 is 21.7 Å². The van der Waals surface area contributed by atoms with E-state index in [1.54, 1.807) is 6.20 Å². The molecule has 3 heterocycles. The zero-order valence-corrected chi connectivity index (χ0v) is 16.6. The van der Waals surface area contributed by atoms with Crippen LogP contribution in [0.4, 0.5) is 0 Å². The number of aromatic amines is 1. The lowest BCUT2D eigenvalue weighted by atomic mass is 10.2. The van der Waals surface area contributed by atoms with Crippen LogP contribution in [-0.2, 0) is 6.42 Å². The highest BCUT2D eigenvalue weighted by molar-refractivity contribution is 5.97. The summed E-state index contributed by atoms with van der Waals surface area (Å²) in [7, 11) is 2.17. The van der Waals surface area contributed by atoms with Gasteiger partial charge >= 0.3 is 0 Å². The topological polar surface area (TPSA) is 122 Å². The maximum atomic E-state index is 6.57. The fourth-order valence-corrected chi connectivity index (χ4v) is 3.41. The molecule has 0 spiro atoms. The Hall–Kier alpha value is -2.17. The average molecular weight is 389 g/mol. The third-order valence-corrected chi connectivity index (χ3v) is 5.38. The standard InChI is InChI=1S/C18H32N10/c1-27-10-12-28(13-11-27)9-8-22-16-24-17(23-14-2-3-14)26-18(19,25-16)5-4-15-20-6-7-21-15/h6-7,14H,2-5,8-13,19H2,1H3,(H,20,21)(H3,22,23,24,25,26). The van der Waals surface area contributed by atoms with Crippen molar-refractivity contribution in [3.8, 4) is 0 Å². The number of nitrogens with zero attached hydrogens (tertiary/aromatic N) is 5. The molecule has 1 aliphatic carbocycles. The number of piperazine rings is 1. The van der Waals surface area contributed by atoms with E-state index in [9.17, 15) is 0 Å². The van der Waals surface area contributed by atoms with Crippen LogP contribution >= 0.6 is 0 Å². The molecule has 3 aliphatic rings. The molecular weight excluding hydrogens is 356 g/mol. The van der Waals surface area contributed by atoms with E-state index >= 15 is 0 Å². The second-order valence-electron chi connectivity index (χ2n) is 7.97. The molecule has 154 valence electrons. The number of imidazole rings is 1.